The number of rotatable bonds is 4. The van der Waals surface area contributed by atoms with Gasteiger partial charge in [0.1, 0.15) is 5.78 Å². The number of hydrogen-bond acceptors (Lipinski definition) is 3. The van der Waals surface area contributed by atoms with Gasteiger partial charge in [0.2, 0.25) is 5.91 Å². The van der Waals surface area contributed by atoms with Gasteiger partial charge in [-0.3, -0.25) is 9.59 Å². The monoisotopic (exact) mass is 260 g/mol. The molecule has 1 amide bonds. The summed E-state index contributed by atoms with van der Waals surface area (Å²) >= 11 is 0. The molecule has 1 aromatic carbocycles. The van der Waals surface area contributed by atoms with Crippen LogP contribution in [0.1, 0.15) is 18.9 Å². The van der Waals surface area contributed by atoms with Crippen molar-refractivity contribution in [3.63, 3.8) is 0 Å². The summed E-state index contributed by atoms with van der Waals surface area (Å²) in [4.78, 5) is 25.0. The summed E-state index contributed by atoms with van der Waals surface area (Å²) < 4.78 is 0. The molecule has 1 aliphatic heterocycles. The maximum Gasteiger partial charge on any atom is 0.230 e. The number of ketones is 1. The van der Waals surface area contributed by atoms with Crippen molar-refractivity contribution < 1.29 is 9.59 Å². The summed E-state index contributed by atoms with van der Waals surface area (Å²) in [5.74, 6) is -0.114. The van der Waals surface area contributed by atoms with E-state index in [4.69, 9.17) is 0 Å². The van der Waals surface area contributed by atoms with Gasteiger partial charge < -0.3 is 10.2 Å². The molecule has 0 bridgehead atoms. The standard InChI is InChI=1S/C15H20N2O2/c1-12(18)9-15(19)17-8-7-16-11-14(17)10-13-5-3-2-4-6-13/h2-6,14,16H,7-11H2,1H3. The molecular weight excluding hydrogens is 240 g/mol. The first-order valence-corrected chi connectivity index (χ1v) is 6.70. The summed E-state index contributed by atoms with van der Waals surface area (Å²) in [7, 11) is 0. The van der Waals surface area contributed by atoms with Crippen molar-refractivity contribution in [3.05, 3.63) is 35.9 Å². The lowest BCUT2D eigenvalue weighted by Crippen LogP contribution is -2.54. The zero-order valence-electron chi connectivity index (χ0n) is 11.3. The van der Waals surface area contributed by atoms with Crippen molar-refractivity contribution in [2.75, 3.05) is 19.6 Å². The van der Waals surface area contributed by atoms with Crippen LogP contribution in [0.25, 0.3) is 0 Å². The van der Waals surface area contributed by atoms with Gasteiger partial charge in [-0.2, -0.15) is 0 Å². The van der Waals surface area contributed by atoms with E-state index in [9.17, 15) is 9.59 Å². The van der Waals surface area contributed by atoms with Crippen LogP contribution in [0.5, 0.6) is 0 Å². The molecule has 1 aromatic rings. The van der Waals surface area contributed by atoms with Crippen molar-refractivity contribution in [1.82, 2.24) is 10.2 Å². The summed E-state index contributed by atoms with van der Waals surface area (Å²) in [6, 6.07) is 10.3. The molecule has 102 valence electrons. The van der Waals surface area contributed by atoms with Gasteiger partial charge in [-0.05, 0) is 18.9 Å². The van der Waals surface area contributed by atoms with Gasteiger partial charge in [-0.15, -0.1) is 0 Å². The van der Waals surface area contributed by atoms with Gasteiger partial charge in [-0.25, -0.2) is 0 Å². The second-order valence-electron chi connectivity index (χ2n) is 5.01. The number of hydrogen-bond donors (Lipinski definition) is 1. The Kier molecular flexibility index (Phi) is 4.68. The lowest BCUT2D eigenvalue weighted by Gasteiger charge is -2.36. The molecule has 1 unspecified atom stereocenters. The maximum absolute atomic E-state index is 12.1. The van der Waals surface area contributed by atoms with E-state index in [1.807, 2.05) is 23.1 Å². The number of carbonyl (C=O) groups is 2. The van der Waals surface area contributed by atoms with Gasteiger partial charge in [0.15, 0.2) is 0 Å². The topological polar surface area (TPSA) is 49.4 Å². The third-order valence-corrected chi connectivity index (χ3v) is 3.38. The van der Waals surface area contributed by atoms with E-state index in [0.29, 0.717) is 6.54 Å². The predicted molar refractivity (Wildman–Crippen MR) is 73.8 cm³/mol. The Morgan fingerprint density at radius 2 is 2.05 bits per heavy atom. The van der Waals surface area contributed by atoms with Gasteiger partial charge in [0, 0.05) is 25.7 Å². The third kappa shape index (κ3) is 3.89. The second kappa shape index (κ2) is 6.48. The summed E-state index contributed by atoms with van der Waals surface area (Å²) in [5, 5.41) is 3.31. The average Bonchev–Trinajstić information content (AvgIpc) is 2.39. The summed E-state index contributed by atoms with van der Waals surface area (Å²) in [5.41, 5.74) is 1.22. The Morgan fingerprint density at radius 1 is 1.32 bits per heavy atom. The second-order valence-corrected chi connectivity index (χ2v) is 5.01. The van der Waals surface area contributed by atoms with Crippen LogP contribution in [-0.2, 0) is 16.0 Å². The van der Waals surface area contributed by atoms with Gasteiger partial charge in [0.25, 0.3) is 0 Å². The number of carbonyl (C=O) groups excluding carboxylic acids is 2. The maximum atomic E-state index is 12.1. The largest absolute Gasteiger partial charge is 0.336 e. The highest BCUT2D eigenvalue weighted by Gasteiger charge is 2.26. The number of amides is 1. The van der Waals surface area contributed by atoms with E-state index in [1.165, 1.54) is 12.5 Å². The molecule has 19 heavy (non-hydrogen) atoms. The predicted octanol–water partition coefficient (Wildman–Crippen LogP) is 1.01. The lowest BCUT2D eigenvalue weighted by atomic mass is 10.0. The molecule has 0 aliphatic carbocycles. The van der Waals surface area contributed by atoms with Gasteiger partial charge in [-0.1, -0.05) is 30.3 Å². The first-order chi connectivity index (χ1) is 9.16. The molecule has 1 heterocycles. The molecule has 4 heteroatoms. The fourth-order valence-electron chi connectivity index (χ4n) is 2.47. The minimum Gasteiger partial charge on any atom is -0.336 e. The van der Waals surface area contributed by atoms with E-state index < -0.39 is 0 Å². The Morgan fingerprint density at radius 3 is 2.74 bits per heavy atom. The number of nitrogens with zero attached hydrogens (tertiary/aromatic N) is 1. The van der Waals surface area contributed by atoms with Crippen LogP contribution in [0.2, 0.25) is 0 Å². The first-order valence-electron chi connectivity index (χ1n) is 6.70. The molecule has 1 N–H and O–H groups in total. The zero-order chi connectivity index (χ0) is 13.7. The minimum absolute atomic E-state index is 0.0191. The Bertz CT molecular complexity index is 445. The zero-order valence-corrected chi connectivity index (χ0v) is 11.3. The molecule has 1 aliphatic rings. The molecule has 1 atom stereocenters. The minimum atomic E-state index is -0.0676. The van der Waals surface area contributed by atoms with E-state index in [2.05, 4.69) is 17.4 Å². The van der Waals surface area contributed by atoms with Crippen LogP contribution in [0.4, 0.5) is 0 Å². The van der Waals surface area contributed by atoms with Gasteiger partial charge in [0.05, 0.1) is 6.42 Å². The lowest BCUT2D eigenvalue weighted by molar-refractivity contribution is -0.137. The summed E-state index contributed by atoms with van der Waals surface area (Å²) in [6.45, 7) is 3.74. The molecule has 4 nitrogen and oxygen atoms in total. The van der Waals surface area contributed by atoms with Crippen molar-refractivity contribution in [2.45, 2.75) is 25.8 Å². The van der Waals surface area contributed by atoms with Crippen LogP contribution in [-0.4, -0.2) is 42.3 Å². The van der Waals surface area contributed by atoms with Crippen LogP contribution in [0.3, 0.4) is 0 Å². The average molecular weight is 260 g/mol. The number of Topliss-reactive ketones (excluding diaryl/α,β-unsaturated/α-hetero) is 1. The molecule has 0 aromatic heterocycles. The fourth-order valence-corrected chi connectivity index (χ4v) is 2.47. The summed E-state index contributed by atoms with van der Waals surface area (Å²) in [6.07, 6.45) is 0.850. The smallest absolute Gasteiger partial charge is 0.230 e. The molecule has 1 fully saturated rings. The molecule has 1 saturated heterocycles. The Hall–Kier alpha value is -1.68. The van der Waals surface area contributed by atoms with E-state index in [0.717, 1.165) is 19.5 Å². The molecule has 2 rings (SSSR count). The number of nitrogens with one attached hydrogen (secondary N) is 1. The SMILES string of the molecule is CC(=O)CC(=O)N1CCNCC1Cc1ccccc1. The van der Waals surface area contributed by atoms with Crippen molar-refractivity contribution in [1.29, 1.82) is 0 Å². The fraction of sp³-hybridized carbons (Fsp3) is 0.467. The Labute approximate surface area is 113 Å². The van der Waals surface area contributed by atoms with E-state index >= 15 is 0 Å². The molecular formula is C15H20N2O2. The van der Waals surface area contributed by atoms with Crippen LogP contribution >= 0.6 is 0 Å². The first kappa shape index (κ1) is 13.7. The quantitative estimate of drug-likeness (QED) is 0.822. The number of piperazine rings is 1. The molecule has 0 spiro atoms. The Balaban J connectivity index is 2.03. The van der Waals surface area contributed by atoms with Crippen molar-refractivity contribution in [3.8, 4) is 0 Å². The van der Waals surface area contributed by atoms with Crippen LogP contribution in [0, 0.1) is 0 Å². The van der Waals surface area contributed by atoms with Crippen LogP contribution < -0.4 is 5.32 Å². The van der Waals surface area contributed by atoms with E-state index in [1.54, 1.807) is 0 Å². The van der Waals surface area contributed by atoms with Crippen molar-refractivity contribution >= 4 is 11.7 Å². The number of benzene rings is 1. The van der Waals surface area contributed by atoms with Gasteiger partial charge >= 0.3 is 0 Å². The van der Waals surface area contributed by atoms with Crippen molar-refractivity contribution in [2.24, 2.45) is 0 Å². The molecule has 0 radical (unpaired) electrons. The highest BCUT2D eigenvalue weighted by atomic mass is 16.2. The normalized spacial score (nSPS) is 19.2. The third-order valence-electron chi connectivity index (χ3n) is 3.38. The molecule has 0 saturated carbocycles. The highest BCUT2D eigenvalue weighted by molar-refractivity contribution is 5.97. The van der Waals surface area contributed by atoms with Crippen LogP contribution in [0.15, 0.2) is 30.3 Å². The van der Waals surface area contributed by atoms with E-state index in [-0.39, 0.29) is 24.2 Å². The highest BCUT2D eigenvalue weighted by Crippen LogP contribution is 2.12.